The molecule has 0 aliphatic carbocycles. The lowest BCUT2D eigenvalue weighted by Crippen LogP contribution is -2.40. The van der Waals surface area contributed by atoms with Crippen molar-refractivity contribution in [1.82, 2.24) is 9.80 Å². The van der Waals surface area contributed by atoms with Gasteiger partial charge in [-0.1, -0.05) is 24.3 Å². The number of anilines is 1. The minimum atomic E-state index is -0.0598. The van der Waals surface area contributed by atoms with Crippen LogP contribution in [0.25, 0.3) is 0 Å². The van der Waals surface area contributed by atoms with Crippen molar-refractivity contribution in [3.63, 3.8) is 0 Å². The van der Waals surface area contributed by atoms with Crippen LogP contribution in [0, 0.1) is 0 Å². The Morgan fingerprint density at radius 3 is 2.71 bits per heavy atom. The zero-order valence-electron chi connectivity index (χ0n) is 16.6. The highest BCUT2D eigenvalue weighted by molar-refractivity contribution is 6.08. The molecule has 2 aliphatic rings. The second kappa shape index (κ2) is 7.76. The molecule has 0 spiro atoms. The Balaban J connectivity index is 1.68. The van der Waals surface area contributed by atoms with Crippen molar-refractivity contribution >= 4 is 17.5 Å². The van der Waals surface area contributed by atoms with Crippen LogP contribution in [0.1, 0.15) is 46.0 Å². The molecule has 146 valence electrons. The summed E-state index contributed by atoms with van der Waals surface area (Å²) >= 11 is 0. The van der Waals surface area contributed by atoms with Crippen LogP contribution in [0.3, 0.4) is 0 Å². The molecule has 1 fully saturated rings. The highest BCUT2D eigenvalue weighted by atomic mass is 16.2. The zero-order chi connectivity index (χ0) is 19.7. The summed E-state index contributed by atoms with van der Waals surface area (Å²) in [6, 6.07) is 15.7. The van der Waals surface area contributed by atoms with E-state index in [4.69, 9.17) is 0 Å². The molecule has 0 bridgehead atoms. The number of rotatable bonds is 3. The average Bonchev–Trinajstić information content (AvgIpc) is 3.11. The first-order valence-corrected chi connectivity index (χ1v) is 10.1. The van der Waals surface area contributed by atoms with E-state index >= 15 is 0 Å². The van der Waals surface area contributed by atoms with Crippen LogP contribution < -0.4 is 4.90 Å². The summed E-state index contributed by atoms with van der Waals surface area (Å²) < 4.78 is 0. The number of hydrogen-bond acceptors (Lipinski definition) is 3. The maximum atomic E-state index is 13.5. The van der Waals surface area contributed by atoms with Gasteiger partial charge in [0.15, 0.2) is 0 Å². The minimum absolute atomic E-state index is 0.0324. The van der Waals surface area contributed by atoms with Crippen LogP contribution in [-0.2, 0) is 6.54 Å². The normalized spacial score (nSPS) is 18.9. The number of carbonyl (C=O) groups excluding carboxylic acids is 2. The zero-order valence-corrected chi connectivity index (χ0v) is 16.6. The molecular formula is C23H27N3O2. The van der Waals surface area contributed by atoms with Crippen LogP contribution in [0.2, 0.25) is 0 Å². The van der Waals surface area contributed by atoms with Crippen LogP contribution >= 0.6 is 0 Å². The highest BCUT2D eigenvalue weighted by Crippen LogP contribution is 2.32. The summed E-state index contributed by atoms with van der Waals surface area (Å²) in [5.41, 5.74) is 3.31. The van der Waals surface area contributed by atoms with E-state index in [-0.39, 0.29) is 11.8 Å². The summed E-state index contributed by atoms with van der Waals surface area (Å²) in [4.78, 5) is 32.1. The molecule has 5 nitrogen and oxygen atoms in total. The van der Waals surface area contributed by atoms with Gasteiger partial charge >= 0.3 is 0 Å². The summed E-state index contributed by atoms with van der Waals surface area (Å²) in [5.74, 6) is -0.0922. The number of nitrogens with zero attached hydrogens (tertiary/aromatic N) is 3. The number of hydrogen-bond donors (Lipinski definition) is 0. The molecule has 1 unspecified atom stereocenters. The van der Waals surface area contributed by atoms with E-state index < -0.39 is 0 Å². The Bertz CT molecular complexity index is 895. The van der Waals surface area contributed by atoms with Crippen LogP contribution in [0.15, 0.2) is 48.5 Å². The van der Waals surface area contributed by atoms with E-state index in [0.29, 0.717) is 30.3 Å². The monoisotopic (exact) mass is 377 g/mol. The van der Waals surface area contributed by atoms with Crippen molar-refractivity contribution in [2.45, 2.75) is 32.4 Å². The third-order valence-corrected chi connectivity index (χ3v) is 5.97. The molecule has 2 aromatic rings. The maximum Gasteiger partial charge on any atom is 0.258 e. The van der Waals surface area contributed by atoms with Gasteiger partial charge in [-0.25, -0.2) is 0 Å². The molecule has 1 atom stereocenters. The van der Waals surface area contributed by atoms with E-state index in [0.717, 1.165) is 25.2 Å². The van der Waals surface area contributed by atoms with Gasteiger partial charge in [-0.3, -0.25) is 14.5 Å². The van der Waals surface area contributed by atoms with Crippen LogP contribution in [0.5, 0.6) is 0 Å². The number of benzene rings is 2. The lowest BCUT2D eigenvalue weighted by molar-refractivity contribution is 0.0802. The summed E-state index contributed by atoms with van der Waals surface area (Å²) in [7, 11) is 1.77. The molecule has 0 aromatic heterocycles. The van der Waals surface area contributed by atoms with Crippen molar-refractivity contribution in [1.29, 1.82) is 0 Å². The molecule has 2 aromatic carbocycles. The molecule has 0 radical (unpaired) electrons. The summed E-state index contributed by atoms with van der Waals surface area (Å²) in [6.45, 7) is 5.25. The van der Waals surface area contributed by atoms with Crippen molar-refractivity contribution in [3.8, 4) is 0 Å². The Morgan fingerprint density at radius 1 is 1.11 bits per heavy atom. The Labute approximate surface area is 166 Å². The predicted octanol–water partition coefficient (Wildman–Crippen LogP) is 3.40. The van der Waals surface area contributed by atoms with Gasteiger partial charge in [-0.05, 0) is 56.1 Å². The van der Waals surface area contributed by atoms with Crippen molar-refractivity contribution in [2.75, 3.05) is 31.6 Å². The fourth-order valence-corrected chi connectivity index (χ4v) is 4.24. The molecule has 4 rings (SSSR count). The van der Waals surface area contributed by atoms with Crippen LogP contribution in [0.4, 0.5) is 5.69 Å². The van der Waals surface area contributed by atoms with E-state index in [2.05, 4.69) is 11.0 Å². The summed E-state index contributed by atoms with van der Waals surface area (Å²) in [5, 5.41) is 0. The number of fused-ring (bicyclic) bond motifs is 2. The SMILES string of the molecule is CCN(C)C(=O)c1cccc(C(=O)N2CC3CCCN3Cc3ccccc32)c1. The molecule has 1 saturated heterocycles. The van der Waals surface area contributed by atoms with Crippen LogP contribution in [-0.4, -0.2) is 54.3 Å². The van der Waals surface area contributed by atoms with E-state index in [1.165, 1.54) is 12.0 Å². The molecule has 0 N–H and O–H groups in total. The lowest BCUT2D eigenvalue weighted by atomic mass is 10.1. The molecule has 2 amide bonds. The van der Waals surface area contributed by atoms with Crippen molar-refractivity contribution < 1.29 is 9.59 Å². The van der Waals surface area contributed by atoms with Gasteiger partial charge in [0.2, 0.25) is 0 Å². The standard InChI is InChI=1S/C23H27N3O2/c1-3-24(2)22(27)17-9-6-10-18(14-17)23(28)26-16-20-11-7-13-25(20)15-19-8-4-5-12-21(19)26/h4-6,8-10,12,14,20H,3,7,11,13,15-16H2,1-2H3. The molecule has 2 aliphatic heterocycles. The fraction of sp³-hybridized carbons (Fsp3) is 0.391. The molecule has 28 heavy (non-hydrogen) atoms. The highest BCUT2D eigenvalue weighted by Gasteiger charge is 2.33. The fourth-order valence-electron chi connectivity index (χ4n) is 4.24. The lowest BCUT2D eigenvalue weighted by Gasteiger charge is -2.26. The van der Waals surface area contributed by atoms with E-state index in [1.54, 1.807) is 30.1 Å². The Morgan fingerprint density at radius 2 is 1.89 bits per heavy atom. The minimum Gasteiger partial charge on any atom is -0.342 e. The van der Waals surface area contributed by atoms with Gasteiger partial charge in [-0.15, -0.1) is 0 Å². The van der Waals surface area contributed by atoms with Crippen molar-refractivity contribution in [2.24, 2.45) is 0 Å². The van der Waals surface area contributed by atoms with Gasteiger partial charge in [0, 0.05) is 49.5 Å². The predicted molar refractivity (Wildman–Crippen MR) is 111 cm³/mol. The first kappa shape index (κ1) is 18.7. The largest absolute Gasteiger partial charge is 0.342 e. The molecule has 5 heteroatoms. The second-order valence-electron chi connectivity index (χ2n) is 7.71. The van der Waals surface area contributed by atoms with Gasteiger partial charge < -0.3 is 9.80 Å². The molecular weight excluding hydrogens is 350 g/mol. The smallest absolute Gasteiger partial charge is 0.258 e. The number of amides is 2. The summed E-state index contributed by atoms with van der Waals surface area (Å²) in [6.07, 6.45) is 2.31. The first-order valence-electron chi connectivity index (χ1n) is 10.1. The number of carbonyl (C=O) groups is 2. The Kier molecular flexibility index (Phi) is 5.18. The first-order chi connectivity index (χ1) is 13.6. The van der Waals surface area contributed by atoms with E-state index in [9.17, 15) is 9.59 Å². The van der Waals surface area contributed by atoms with E-state index in [1.807, 2.05) is 36.1 Å². The maximum absolute atomic E-state index is 13.5. The Hall–Kier alpha value is -2.66. The molecule has 0 saturated carbocycles. The number of para-hydroxylation sites is 1. The third kappa shape index (κ3) is 3.42. The second-order valence-corrected chi connectivity index (χ2v) is 7.71. The average molecular weight is 377 g/mol. The van der Waals surface area contributed by atoms with Gasteiger partial charge in [0.05, 0.1) is 0 Å². The molecule has 2 heterocycles. The van der Waals surface area contributed by atoms with Gasteiger partial charge in [-0.2, -0.15) is 0 Å². The van der Waals surface area contributed by atoms with Crippen molar-refractivity contribution in [3.05, 3.63) is 65.2 Å². The topological polar surface area (TPSA) is 43.9 Å². The van der Waals surface area contributed by atoms with Gasteiger partial charge in [0.25, 0.3) is 11.8 Å². The quantitative estimate of drug-likeness (QED) is 0.823. The van der Waals surface area contributed by atoms with Gasteiger partial charge in [0.1, 0.15) is 0 Å². The third-order valence-electron chi connectivity index (χ3n) is 5.97.